The highest BCUT2D eigenvalue weighted by Gasteiger charge is 2.34. The molecule has 8 heteroatoms. The molecule has 0 bridgehead atoms. The van der Waals surface area contributed by atoms with Crippen LogP contribution in [0.5, 0.6) is 5.75 Å². The second-order valence-electron chi connectivity index (χ2n) is 7.68. The van der Waals surface area contributed by atoms with Gasteiger partial charge < -0.3 is 24.8 Å². The van der Waals surface area contributed by atoms with Gasteiger partial charge in [-0.1, -0.05) is 30.3 Å². The monoisotopic (exact) mass is 447 g/mol. The zero-order valence-electron chi connectivity index (χ0n) is 18.0. The second kappa shape index (κ2) is 10.7. The number of aliphatic hydroxyl groups excluding tert-OH is 1. The van der Waals surface area contributed by atoms with Gasteiger partial charge in [-0.05, 0) is 47.5 Å². The summed E-state index contributed by atoms with van der Waals surface area (Å²) in [5.41, 5.74) is 2.13. The summed E-state index contributed by atoms with van der Waals surface area (Å²) in [4.78, 5) is 30.3. The molecule has 2 aromatic carbocycles. The Balaban J connectivity index is 1.37. The summed E-state index contributed by atoms with van der Waals surface area (Å²) in [5, 5.41) is 13.8. The number of para-hydroxylation sites is 1. The number of ether oxygens (including phenoxy) is 2. The van der Waals surface area contributed by atoms with E-state index in [0.29, 0.717) is 23.5 Å². The van der Waals surface area contributed by atoms with Gasteiger partial charge in [-0.3, -0.25) is 14.6 Å². The van der Waals surface area contributed by atoms with Crippen LogP contribution in [0.3, 0.4) is 0 Å². The summed E-state index contributed by atoms with van der Waals surface area (Å²) < 4.78 is 10.9. The highest BCUT2D eigenvalue weighted by atomic mass is 16.5. The van der Waals surface area contributed by atoms with Gasteiger partial charge in [0.2, 0.25) is 5.91 Å². The maximum absolute atomic E-state index is 12.5. The zero-order valence-corrected chi connectivity index (χ0v) is 18.0. The maximum atomic E-state index is 12.5. The van der Waals surface area contributed by atoms with Crippen molar-refractivity contribution in [3.05, 3.63) is 90.3 Å². The molecule has 2 atom stereocenters. The number of carbonyl (C=O) groups excluding carboxylic acids is 2. The first-order chi connectivity index (χ1) is 16.1. The second-order valence-corrected chi connectivity index (χ2v) is 7.68. The molecule has 1 saturated heterocycles. The molecule has 33 heavy (non-hydrogen) atoms. The number of benzene rings is 2. The minimum atomic E-state index is -0.942. The number of nitrogens with zero attached hydrogens (tertiary/aromatic N) is 2. The maximum Gasteiger partial charge on any atom is 0.262 e. The quantitative estimate of drug-likeness (QED) is 0.551. The first kappa shape index (κ1) is 22.4. The number of morpholine rings is 1. The lowest BCUT2D eigenvalue weighted by atomic mass is 9.99. The third-order valence-corrected chi connectivity index (χ3v) is 5.35. The van der Waals surface area contributed by atoms with E-state index in [0.717, 1.165) is 5.56 Å². The average molecular weight is 447 g/mol. The van der Waals surface area contributed by atoms with E-state index < -0.39 is 12.1 Å². The molecule has 0 saturated carbocycles. The summed E-state index contributed by atoms with van der Waals surface area (Å²) >= 11 is 0. The Kier molecular flexibility index (Phi) is 7.29. The molecule has 0 aliphatic carbocycles. The van der Waals surface area contributed by atoms with Gasteiger partial charge in [-0.25, -0.2) is 0 Å². The SMILES string of the molecule is O=C(COc1ccccc1)Nc1ccc([C@@H](O)[C@H]2COCC(=O)N2Cc2ccncc2)cc1. The molecule has 0 radical (unpaired) electrons. The highest BCUT2D eigenvalue weighted by Crippen LogP contribution is 2.26. The Hall–Kier alpha value is -3.75. The predicted octanol–water partition coefficient (Wildman–Crippen LogP) is 2.56. The van der Waals surface area contributed by atoms with Crippen LogP contribution in [0.2, 0.25) is 0 Å². The van der Waals surface area contributed by atoms with Gasteiger partial charge in [0.1, 0.15) is 18.5 Å². The number of rotatable bonds is 8. The molecule has 0 spiro atoms. The third kappa shape index (κ3) is 5.94. The van der Waals surface area contributed by atoms with E-state index in [4.69, 9.17) is 9.47 Å². The van der Waals surface area contributed by atoms with E-state index in [-0.39, 0.29) is 31.6 Å². The van der Waals surface area contributed by atoms with Crippen molar-refractivity contribution in [3.63, 3.8) is 0 Å². The van der Waals surface area contributed by atoms with Gasteiger partial charge in [0.25, 0.3) is 5.91 Å². The molecular formula is C25H25N3O5. The van der Waals surface area contributed by atoms with E-state index in [2.05, 4.69) is 10.3 Å². The van der Waals surface area contributed by atoms with Crippen molar-refractivity contribution in [1.29, 1.82) is 0 Å². The lowest BCUT2D eigenvalue weighted by Crippen LogP contribution is -2.51. The van der Waals surface area contributed by atoms with Crippen LogP contribution in [-0.4, -0.2) is 52.7 Å². The summed E-state index contributed by atoms with van der Waals surface area (Å²) in [6.45, 7) is 0.472. The Labute approximate surface area is 191 Å². The van der Waals surface area contributed by atoms with Gasteiger partial charge in [0.15, 0.2) is 6.61 Å². The lowest BCUT2D eigenvalue weighted by Gasteiger charge is -2.38. The topological polar surface area (TPSA) is 101 Å². The van der Waals surface area contributed by atoms with Crippen molar-refractivity contribution in [3.8, 4) is 5.75 Å². The molecule has 1 aliphatic rings. The van der Waals surface area contributed by atoms with E-state index in [9.17, 15) is 14.7 Å². The molecule has 1 fully saturated rings. The fraction of sp³-hybridized carbons (Fsp3) is 0.240. The van der Waals surface area contributed by atoms with Crippen molar-refractivity contribution >= 4 is 17.5 Å². The molecular weight excluding hydrogens is 422 g/mol. The zero-order chi connectivity index (χ0) is 23.0. The number of pyridine rings is 1. The van der Waals surface area contributed by atoms with Crippen LogP contribution >= 0.6 is 0 Å². The normalized spacial score (nSPS) is 16.8. The number of aliphatic hydroxyl groups is 1. The van der Waals surface area contributed by atoms with Gasteiger partial charge >= 0.3 is 0 Å². The van der Waals surface area contributed by atoms with Crippen molar-refractivity contribution in [2.45, 2.75) is 18.7 Å². The Bertz CT molecular complexity index is 1060. The molecule has 1 aromatic heterocycles. The summed E-state index contributed by atoms with van der Waals surface area (Å²) in [6, 6.07) is 19.1. The number of aromatic nitrogens is 1. The molecule has 1 aliphatic heterocycles. The van der Waals surface area contributed by atoms with Gasteiger partial charge in [-0.2, -0.15) is 0 Å². The lowest BCUT2D eigenvalue weighted by molar-refractivity contribution is -0.155. The molecule has 8 nitrogen and oxygen atoms in total. The molecule has 2 N–H and O–H groups in total. The van der Waals surface area contributed by atoms with Crippen molar-refractivity contribution in [1.82, 2.24) is 9.88 Å². The molecule has 2 amide bonds. The highest BCUT2D eigenvalue weighted by molar-refractivity contribution is 5.91. The first-order valence-corrected chi connectivity index (χ1v) is 10.6. The number of hydrogen-bond acceptors (Lipinski definition) is 6. The van der Waals surface area contributed by atoms with Crippen LogP contribution in [0.4, 0.5) is 5.69 Å². The van der Waals surface area contributed by atoms with E-state index in [1.807, 2.05) is 30.3 Å². The van der Waals surface area contributed by atoms with E-state index >= 15 is 0 Å². The molecule has 3 aromatic rings. The van der Waals surface area contributed by atoms with Gasteiger partial charge in [0.05, 0.1) is 12.6 Å². The molecule has 170 valence electrons. The predicted molar refractivity (Wildman–Crippen MR) is 121 cm³/mol. The fourth-order valence-electron chi connectivity index (χ4n) is 3.63. The smallest absolute Gasteiger partial charge is 0.262 e. The average Bonchev–Trinajstić information content (AvgIpc) is 2.85. The standard InChI is InChI=1S/C25H25N3O5/c29-23(16-33-21-4-2-1-3-5-21)27-20-8-6-19(7-9-20)25(31)22-15-32-17-24(30)28(22)14-18-10-12-26-13-11-18/h1-13,22,25,31H,14-17H2,(H,27,29)/t22-,25-/m1/s1. The van der Waals surface area contributed by atoms with Crippen LogP contribution in [0.25, 0.3) is 0 Å². The van der Waals surface area contributed by atoms with Crippen LogP contribution in [0, 0.1) is 0 Å². The minimum absolute atomic E-state index is 0.00960. The Morgan fingerprint density at radius 3 is 2.58 bits per heavy atom. The first-order valence-electron chi connectivity index (χ1n) is 10.6. The Morgan fingerprint density at radius 2 is 1.85 bits per heavy atom. The number of hydrogen-bond donors (Lipinski definition) is 2. The summed E-state index contributed by atoms with van der Waals surface area (Å²) in [7, 11) is 0. The summed E-state index contributed by atoms with van der Waals surface area (Å²) in [6.07, 6.45) is 2.40. The molecule has 4 rings (SSSR count). The van der Waals surface area contributed by atoms with E-state index in [1.54, 1.807) is 53.7 Å². The number of nitrogens with one attached hydrogen (secondary N) is 1. The van der Waals surface area contributed by atoms with Gasteiger partial charge in [0, 0.05) is 24.6 Å². The van der Waals surface area contributed by atoms with Crippen LogP contribution in [0.1, 0.15) is 17.2 Å². The van der Waals surface area contributed by atoms with Crippen LogP contribution < -0.4 is 10.1 Å². The number of carbonyl (C=O) groups is 2. The van der Waals surface area contributed by atoms with Crippen molar-refractivity contribution in [2.24, 2.45) is 0 Å². The minimum Gasteiger partial charge on any atom is -0.484 e. The largest absolute Gasteiger partial charge is 0.484 e. The van der Waals surface area contributed by atoms with Crippen LogP contribution in [0.15, 0.2) is 79.1 Å². The summed E-state index contributed by atoms with van der Waals surface area (Å²) in [5.74, 6) is 0.151. The number of anilines is 1. The van der Waals surface area contributed by atoms with Gasteiger partial charge in [-0.15, -0.1) is 0 Å². The van der Waals surface area contributed by atoms with Crippen molar-refractivity contribution in [2.75, 3.05) is 25.1 Å². The molecule has 0 unspecified atom stereocenters. The Morgan fingerprint density at radius 1 is 1.12 bits per heavy atom. The van der Waals surface area contributed by atoms with E-state index in [1.165, 1.54) is 0 Å². The van der Waals surface area contributed by atoms with Crippen molar-refractivity contribution < 1.29 is 24.2 Å². The fourth-order valence-corrected chi connectivity index (χ4v) is 3.63. The van der Waals surface area contributed by atoms with Crippen LogP contribution in [-0.2, 0) is 20.9 Å². The number of amides is 2. The molecule has 2 heterocycles. The third-order valence-electron chi connectivity index (χ3n) is 5.35.